The molecule has 2 heterocycles. The summed E-state index contributed by atoms with van der Waals surface area (Å²) in [5.41, 5.74) is 0. The molecule has 124 valence electrons. The van der Waals surface area contributed by atoms with Gasteiger partial charge >= 0.3 is 0 Å². The molecule has 2 aliphatic heterocycles. The molecule has 3 N–H and O–H groups in total. The molecule has 1 aromatic carbocycles. The van der Waals surface area contributed by atoms with Crippen molar-refractivity contribution < 1.29 is 9.84 Å². The first-order chi connectivity index (χ1) is 10.6. The quantitative estimate of drug-likeness (QED) is 0.770. The standard InChI is InChI=1S/C11H13Cl2NO.C5H11NO/c12-10-2-1-9(7-11(10)13)15-8-3-5-14-6-4-8;7-5-1-3-6-4-2-5/h1-2,7-8,14H,3-6H2;5-7H,1-4H2. The summed E-state index contributed by atoms with van der Waals surface area (Å²) in [6.07, 6.45) is 4.21. The fourth-order valence-electron chi connectivity index (χ4n) is 2.46. The lowest BCUT2D eigenvalue weighted by Crippen LogP contribution is -2.34. The average Bonchev–Trinajstić information content (AvgIpc) is 2.53. The van der Waals surface area contributed by atoms with Crippen molar-refractivity contribution in [3.05, 3.63) is 28.2 Å². The predicted molar refractivity (Wildman–Crippen MR) is 91.1 cm³/mol. The summed E-state index contributed by atoms with van der Waals surface area (Å²) in [6, 6.07) is 5.39. The molecule has 22 heavy (non-hydrogen) atoms. The molecule has 6 heteroatoms. The largest absolute Gasteiger partial charge is 0.490 e. The normalized spacial score (nSPS) is 20.1. The zero-order valence-corrected chi connectivity index (χ0v) is 14.2. The zero-order chi connectivity index (χ0) is 15.8. The highest BCUT2D eigenvalue weighted by atomic mass is 35.5. The SMILES string of the molecule is Clc1ccc(OC2CCNCC2)cc1Cl.OC1CCNCC1. The lowest BCUT2D eigenvalue weighted by molar-refractivity contribution is 0.137. The Labute approximate surface area is 142 Å². The van der Waals surface area contributed by atoms with Crippen LogP contribution >= 0.6 is 23.2 Å². The van der Waals surface area contributed by atoms with Gasteiger partial charge in [0.1, 0.15) is 11.9 Å². The molecule has 0 atom stereocenters. The van der Waals surface area contributed by atoms with Gasteiger partial charge in [0.2, 0.25) is 0 Å². The van der Waals surface area contributed by atoms with Gasteiger partial charge in [-0.05, 0) is 64.0 Å². The van der Waals surface area contributed by atoms with Gasteiger partial charge < -0.3 is 20.5 Å². The molecule has 0 unspecified atom stereocenters. The van der Waals surface area contributed by atoms with Crippen molar-refractivity contribution in [1.82, 2.24) is 10.6 Å². The van der Waals surface area contributed by atoms with Crippen molar-refractivity contribution in [2.75, 3.05) is 26.2 Å². The Morgan fingerprint density at radius 3 is 2.00 bits per heavy atom. The van der Waals surface area contributed by atoms with Gasteiger partial charge in [0.15, 0.2) is 0 Å². The molecule has 1 aromatic rings. The van der Waals surface area contributed by atoms with Gasteiger partial charge in [-0.2, -0.15) is 0 Å². The van der Waals surface area contributed by atoms with Crippen LogP contribution in [0.1, 0.15) is 25.7 Å². The van der Waals surface area contributed by atoms with E-state index < -0.39 is 0 Å². The van der Waals surface area contributed by atoms with Crippen LogP contribution in [0.2, 0.25) is 10.0 Å². The molecule has 0 aliphatic carbocycles. The Morgan fingerprint density at radius 1 is 0.909 bits per heavy atom. The molecule has 0 saturated carbocycles. The summed E-state index contributed by atoms with van der Waals surface area (Å²) in [7, 11) is 0. The first-order valence-corrected chi connectivity index (χ1v) is 8.62. The molecule has 2 fully saturated rings. The van der Waals surface area contributed by atoms with Gasteiger partial charge in [-0.15, -0.1) is 0 Å². The molecule has 0 amide bonds. The van der Waals surface area contributed by atoms with E-state index in [9.17, 15) is 0 Å². The Bertz CT molecular complexity index is 448. The molecule has 0 bridgehead atoms. The highest BCUT2D eigenvalue weighted by Gasteiger charge is 2.14. The van der Waals surface area contributed by atoms with E-state index in [1.807, 2.05) is 6.07 Å². The van der Waals surface area contributed by atoms with Crippen LogP contribution < -0.4 is 15.4 Å². The van der Waals surface area contributed by atoms with E-state index in [0.717, 1.165) is 57.6 Å². The van der Waals surface area contributed by atoms with Gasteiger partial charge in [0.05, 0.1) is 16.1 Å². The van der Waals surface area contributed by atoms with Crippen LogP contribution in [0.4, 0.5) is 0 Å². The first-order valence-electron chi connectivity index (χ1n) is 7.86. The van der Waals surface area contributed by atoms with Gasteiger partial charge in [-0.1, -0.05) is 23.2 Å². The van der Waals surface area contributed by atoms with Crippen molar-refractivity contribution in [3.8, 4) is 5.75 Å². The molecule has 2 aliphatic rings. The fourth-order valence-corrected chi connectivity index (χ4v) is 2.75. The van der Waals surface area contributed by atoms with Gasteiger partial charge in [0.25, 0.3) is 0 Å². The van der Waals surface area contributed by atoms with Gasteiger partial charge in [0, 0.05) is 6.07 Å². The zero-order valence-electron chi connectivity index (χ0n) is 12.7. The third-order valence-corrected chi connectivity index (χ3v) is 4.53. The van der Waals surface area contributed by atoms with Crippen molar-refractivity contribution in [2.24, 2.45) is 0 Å². The summed E-state index contributed by atoms with van der Waals surface area (Å²) in [4.78, 5) is 0. The first kappa shape index (κ1) is 17.8. The smallest absolute Gasteiger partial charge is 0.121 e. The molecular weight excluding hydrogens is 323 g/mol. The van der Waals surface area contributed by atoms with Crippen molar-refractivity contribution in [2.45, 2.75) is 37.9 Å². The summed E-state index contributed by atoms with van der Waals surface area (Å²) >= 11 is 11.7. The molecule has 0 radical (unpaired) electrons. The van der Waals surface area contributed by atoms with E-state index in [-0.39, 0.29) is 6.10 Å². The van der Waals surface area contributed by atoms with Gasteiger partial charge in [-0.25, -0.2) is 0 Å². The van der Waals surface area contributed by atoms with E-state index in [0.29, 0.717) is 16.1 Å². The lowest BCUT2D eigenvalue weighted by atomic mass is 10.1. The Kier molecular flexibility index (Phi) is 7.76. The third-order valence-electron chi connectivity index (χ3n) is 3.79. The van der Waals surface area contributed by atoms with Crippen LogP contribution in [0, 0.1) is 0 Å². The number of benzene rings is 1. The summed E-state index contributed by atoms with van der Waals surface area (Å²) in [6.45, 7) is 4.01. The van der Waals surface area contributed by atoms with E-state index >= 15 is 0 Å². The maximum Gasteiger partial charge on any atom is 0.121 e. The number of rotatable bonds is 2. The second-order valence-electron chi connectivity index (χ2n) is 5.62. The van der Waals surface area contributed by atoms with Crippen molar-refractivity contribution in [3.63, 3.8) is 0 Å². The number of ether oxygens (including phenoxy) is 1. The molecule has 4 nitrogen and oxygen atoms in total. The summed E-state index contributed by atoms with van der Waals surface area (Å²) in [5, 5.41) is 16.4. The minimum atomic E-state index is -0.0266. The van der Waals surface area contributed by atoms with E-state index in [1.165, 1.54) is 0 Å². The van der Waals surface area contributed by atoms with Gasteiger partial charge in [-0.3, -0.25) is 0 Å². The van der Waals surface area contributed by atoms with Crippen LogP contribution in [0.3, 0.4) is 0 Å². The number of aliphatic hydroxyl groups is 1. The second kappa shape index (κ2) is 9.58. The van der Waals surface area contributed by atoms with Crippen molar-refractivity contribution >= 4 is 23.2 Å². The summed E-state index contributed by atoms with van der Waals surface area (Å²) < 4.78 is 5.81. The van der Waals surface area contributed by atoms with Crippen LogP contribution in [-0.2, 0) is 0 Å². The maximum absolute atomic E-state index is 8.87. The molecule has 0 spiro atoms. The minimum absolute atomic E-state index is 0.0266. The Morgan fingerprint density at radius 2 is 1.50 bits per heavy atom. The lowest BCUT2D eigenvalue weighted by Gasteiger charge is -2.23. The number of aliphatic hydroxyl groups excluding tert-OH is 1. The van der Waals surface area contributed by atoms with Crippen LogP contribution in [-0.4, -0.2) is 43.5 Å². The van der Waals surface area contributed by atoms with Crippen LogP contribution in [0.25, 0.3) is 0 Å². The monoisotopic (exact) mass is 346 g/mol. The molecule has 2 saturated heterocycles. The maximum atomic E-state index is 8.87. The van der Waals surface area contributed by atoms with E-state index in [2.05, 4.69) is 10.6 Å². The average molecular weight is 347 g/mol. The van der Waals surface area contributed by atoms with E-state index in [1.54, 1.807) is 12.1 Å². The van der Waals surface area contributed by atoms with Crippen LogP contribution in [0.5, 0.6) is 5.75 Å². The van der Waals surface area contributed by atoms with E-state index in [4.69, 9.17) is 33.0 Å². The Hall–Kier alpha value is -0.520. The highest BCUT2D eigenvalue weighted by Crippen LogP contribution is 2.27. The number of hydrogen-bond acceptors (Lipinski definition) is 4. The number of hydrogen-bond donors (Lipinski definition) is 3. The number of piperidine rings is 2. The topological polar surface area (TPSA) is 53.5 Å². The third kappa shape index (κ3) is 6.31. The number of halogens is 2. The van der Waals surface area contributed by atoms with Crippen LogP contribution in [0.15, 0.2) is 18.2 Å². The van der Waals surface area contributed by atoms with Crippen molar-refractivity contribution in [1.29, 1.82) is 0 Å². The minimum Gasteiger partial charge on any atom is -0.490 e. The second-order valence-corrected chi connectivity index (χ2v) is 6.44. The molecule has 3 rings (SSSR count). The Balaban J connectivity index is 0.000000211. The predicted octanol–water partition coefficient (Wildman–Crippen LogP) is 2.85. The fraction of sp³-hybridized carbons (Fsp3) is 0.625. The molecular formula is C16H24Cl2N2O2. The highest BCUT2D eigenvalue weighted by molar-refractivity contribution is 6.42. The number of nitrogens with one attached hydrogen (secondary N) is 2. The summed E-state index contributed by atoms with van der Waals surface area (Å²) in [5.74, 6) is 0.802. The molecule has 0 aromatic heterocycles.